The Hall–Kier alpha value is -0.240. The first-order valence-corrected chi connectivity index (χ1v) is 3.52. The van der Waals surface area contributed by atoms with Crippen LogP contribution in [0.25, 0.3) is 0 Å². The molecule has 0 saturated carbocycles. The van der Waals surface area contributed by atoms with Crippen molar-refractivity contribution in [2.75, 3.05) is 13.2 Å². The quantitative estimate of drug-likeness (QED) is 0.306. The van der Waals surface area contributed by atoms with Gasteiger partial charge in [-0.05, 0) is 0 Å². The van der Waals surface area contributed by atoms with Crippen molar-refractivity contribution in [3.63, 3.8) is 0 Å². The van der Waals surface area contributed by atoms with E-state index >= 15 is 0 Å². The minimum atomic E-state index is -2.09. The Morgan fingerprint density at radius 2 is 1.83 bits per heavy atom. The molecule has 0 aromatic heterocycles. The van der Waals surface area contributed by atoms with E-state index in [2.05, 4.69) is 4.74 Å². The molecule has 0 spiro atoms. The lowest BCUT2D eigenvalue weighted by Crippen LogP contribution is -2.51. The Morgan fingerprint density at radius 1 is 1.25 bits per heavy atom. The van der Waals surface area contributed by atoms with Gasteiger partial charge < -0.3 is 30.3 Å². The van der Waals surface area contributed by atoms with Crippen LogP contribution in [0.4, 0.5) is 0 Å². The maximum absolute atomic E-state index is 9.35. The number of ether oxygens (including phenoxy) is 1. The van der Waals surface area contributed by atoms with Crippen LogP contribution in [-0.2, 0) is 4.74 Å². The number of aliphatic hydroxyl groups is 5. The van der Waals surface area contributed by atoms with Gasteiger partial charge in [-0.25, -0.2) is 0 Å². The zero-order valence-corrected chi connectivity index (χ0v) is 6.29. The Bertz CT molecular complexity index is 162. The molecular weight excluding hydrogens is 168 g/mol. The van der Waals surface area contributed by atoms with Crippen LogP contribution in [0.15, 0.2) is 0 Å². The molecule has 1 aliphatic rings. The van der Waals surface area contributed by atoms with Gasteiger partial charge in [0.1, 0.15) is 12.2 Å². The van der Waals surface area contributed by atoms with E-state index in [4.69, 9.17) is 15.3 Å². The van der Waals surface area contributed by atoms with Crippen molar-refractivity contribution in [1.29, 1.82) is 0 Å². The molecule has 6 heteroatoms. The van der Waals surface area contributed by atoms with Crippen LogP contribution in [0, 0.1) is 0 Å². The van der Waals surface area contributed by atoms with Crippen LogP contribution in [0.5, 0.6) is 0 Å². The lowest BCUT2D eigenvalue weighted by molar-refractivity contribution is -0.191. The van der Waals surface area contributed by atoms with E-state index < -0.39 is 37.3 Å². The molecule has 0 aromatic carbocycles. The van der Waals surface area contributed by atoms with Crippen LogP contribution < -0.4 is 0 Å². The van der Waals surface area contributed by atoms with Gasteiger partial charge >= 0.3 is 0 Å². The average Bonchev–Trinajstić information content (AvgIpc) is 2.30. The van der Waals surface area contributed by atoms with Crippen molar-refractivity contribution < 1.29 is 30.3 Å². The lowest BCUT2D eigenvalue weighted by atomic mass is 9.97. The van der Waals surface area contributed by atoms with Gasteiger partial charge in [0.05, 0.1) is 13.2 Å². The second kappa shape index (κ2) is 3.25. The van der Waals surface area contributed by atoms with Crippen LogP contribution in [0.3, 0.4) is 0 Å². The molecule has 0 aromatic rings. The molecule has 1 aliphatic heterocycles. The molecule has 5 N–H and O–H groups in total. The summed E-state index contributed by atoms with van der Waals surface area (Å²) in [7, 11) is 0. The maximum Gasteiger partial charge on any atom is 0.189 e. The SMILES string of the molecule is OC[C@H]1O[C@@H](O)C(O)(CO)[C@H]1O. The molecule has 1 unspecified atom stereocenters. The predicted molar refractivity (Wildman–Crippen MR) is 36.0 cm³/mol. The van der Waals surface area contributed by atoms with Crippen molar-refractivity contribution in [3.8, 4) is 0 Å². The van der Waals surface area contributed by atoms with Gasteiger partial charge in [0.2, 0.25) is 0 Å². The smallest absolute Gasteiger partial charge is 0.189 e. The van der Waals surface area contributed by atoms with E-state index in [-0.39, 0.29) is 0 Å². The van der Waals surface area contributed by atoms with Crippen molar-refractivity contribution >= 4 is 0 Å². The molecule has 0 radical (unpaired) electrons. The zero-order chi connectivity index (χ0) is 9.35. The fourth-order valence-corrected chi connectivity index (χ4v) is 1.14. The van der Waals surface area contributed by atoms with E-state index in [9.17, 15) is 10.2 Å². The van der Waals surface area contributed by atoms with E-state index in [1.54, 1.807) is 0 Å². The summed E-state index contributed by atoms with van der Waals surface area (Å²) in [5, 5.41) is 44.8. The van der Waals surface area contributed by atoms with Gasteiger partial charge in [0.25, 0.3) is 0 Å². The molecule has 0 amide bonds. The van der Waals surface area contributed by atoms with Gasteiger partial charge in [-0.2, -0.15) is 0 Å². The highest BCUT2D eigenvalue weighted by Gasteiger charge is 2.54. The van der Waals surface area contributed by atoms with Crippen LogP contribution in [-0.4, -0.2) is 62.8 Å². The van der Waals surface area contributed by atoms with Gasteiger partial charge in [-0.15, -0.1) is 0 Å². The highest BCUT2D eigenvalue weighted by atomic mass is 16.7. The predicted octanol–water partition coefficient (Wildman–Crippen LogP) is -3.22. The van der Waals surface area contributed by atoms with Crippen LogP contribution in [0.1, 0.15) is 0 Å². The molecule has 4 atom stereocenters. The van der Waals surface area contributed by atoms with Crippen molar-refractivity contribution in [2.45, 2.75) is 24.1 Å². The fraction of sp³-hybridized carbons (Fsp3) is 1.00. The lowest BCUT2D eigenvalue weighted by Gasteiger charge is -2.25. The van der Waals surface area contributed by atoms with E-state index in [1.807, 2.05) is 0 Å². The minimum absolute atomic E-state index is 0.527. The van der Waals surface area contributed by atoms with E-state index in [1.165, 1.54) is 0 Å². The second-order valence-electron chi connectivity index (χ2n) is 2.80. The summed E-state index contributed by atoms with van der Waals surface area (Å²) < 4.78 is 4.57. The summed E-state index contributed by atoms with van der Waals surface area (Å²) in [6, 6.07) is 0. The number of hydrogen-bond acceptors (Lipinski definition) is 6. The Kier molecular flexibility index (Phi) is 2.67. The largest absolute Gasteiger partial charge is 0.394 e. The zero-order valence-electron chi connectivity index (χ0n) is 6.29. The molecule has 6 nitrogen and oxygen atoms in total. The highest BCUT2D eigenvalue weighted by Crippen LogP contribution is 2.28. The molecule has 1 fully saturated rings. The second-order valence-corrected chi connectivity index (χ2v) is 2.80. The maximum atomic E-state index is 9.35. The van der Waals surface area contributed by atoms with Gasteiger partial charge in [-0.1, -0.05) is 0 Å². The van der Waals surface area contributed by atoms with Crippen LogP contribution >= 0.6 is 0 Å². The van der Waals surface area contributed by atoms with Crippen LogP contribution in [0.2, 0.25) is 0 Å². The molecular formula is C6H12O6. The normalized spacial score (nSPS) is 48.2. The molecule has 0 aliphatic carbocycles. The first-order valence-electron chi connectivity index (χ1n) is 3.52. The van der Waals surface area contributed by atoms with Gasteiger partial charge in [0, 0.05) is 0 Å². The third kappa shape index (κ3) is 1.22. The summed E-state index contributed by atoms with van der Waals surface area (Å²) in [4.78, 5) is 0. The third-order valence-corrected chi connectivity index (χ3v) is 2.03. The number of rotatable bonds is 2. The molecule has 72 valence electrons. The standard InChI is InChI=1S/C6H12O6/c7-1-3-4(9)6(11,2-8)5(10)12-3/h3-5,7-11H,1-2H2/t3-,4+,5-,6?/m1/s1. The monoisotopic (exact) mass is 180 g/mol. The molecule has 1 saturated heterocycles. The molecule has 12 heavy (non-hydrogen) atoms. The van der Waals surface area contributed by atoms with Crippen molar-refractivity contribution in [1.82, 2.24) is 0 Å². The summed E-state index contributed by atoms with van der Waals surface area (Å²) in [6.45, 7) is -1.35. The minimum Gasteiger partial charge on any atom is -0.394 e. The summed E-state index contributed by atoms with van der Waals surface area (Å²) in [5.41, 5.74) is -2.09. The molecule has 0 bridgehead atoms. The van der Waals surface area contributed by atoms with Gasteiger partial charge in [-0.3, -0.25) is 0 Å². The first-order chi connectivity index (χ1) is 5.56. The van der Waals surface area contributed by atoms with E-state index in [0.29, 0.717) is 0 Å². The highest BCUT2D eigenvalue weighted by molar-refractivity contribution is 4.98. The molecule has 1 heterocycles. The van der Waals surface area contributed by atoms with Crippen molar-refractivity contribution in [2.24, 2.45) is 0 Å². The van der Waals surface area contributed by atoms with Gasteiger partial charge in [0.15, 0.2) is 11.9 Å². The summed E-state index contributed by atoms with van der Waals surface area (Å²) in [5.74, 6) is 0. The first kappa shape index (κ1) is 9.85. The summed E-state index contributed by atoms with van der Waals surface area (Å²) >= 11 is 0. The van der Waals surface area contributed by atoms with Crippen molar-refractivity contribution in [3.05, 3.63) is 0 Å². The number of aliphatic hydroxyl groups excluding tert-OH is 4. The summed E-state index contributed by atoms with van der Waals surface area (Å²) in [6.07, 6.45) is -4.21. The van der Waals surface area contributed by atoms with E-state index in [0.717, 1.165) is 0 Å². The Balaban J connectivity index is 2.76. The Morgan fingerprint density at radius 3 is 2.08 bits per heavy atom. The average molecular weight is 180 g/mol. The fourth-order valence-electron chi connectivity index (χ4n) is 1.14. The number of hydrogen-bond donors (Lipinski definition) is 5. The Labute approximate surface area is 68.6 Å². The molecule has 1 rings (SSSR count). The topological polar surface area (TPSA) is 110 Å². The third-order valence-electron chi connectivity index (χ3n) is 2.03.